The summed E-state index contributed by atoms with van der Waals surface area (Å²) >= 11 is 6.00. The Kier molecular flexibility index (Phi) is 4.84. The van der Waals surface area contributed by atoms with E-state index in [4.69, 9.17) is 16.9 Å². The molecular formula is C16H8ClF6N5. The highest BCUT2D eigenvalue weighted by Gasteiger charge is 2.37. The molecule has 3 rings (SSSR count). The minimum atomic E-state index is -4.73. The van der Waals surface area contributed by atoms with Gasteiger partial charge in [0.1, 0.15) is 46.1 Å². The molecule has 0 saturated heterocycles. The fourth-order valence-corrected chi connectivity index (χ4v) is 2.73. The molecule has 28 heavy (non-hydrogen) atoms. The summed E-state index contributed by atoms with van der Waals surface area (Å²) in [7, 11) is 0. The molecule has 0 spiro atoms. The number of benzene rings is 1. The second-order valence-electron chi connectivity index (χ2n) is 5.68. The number of hydrogen-bond donors (Lipinski definition) is 1. The smallest absolute Gasteiger partial charge is 0.358 e. The van der Waals surface area contributed by atoms with Crippen molar-refractivity contribution in [2.45, 2.75) is 19.1 Å². The van der Waals surface area contributed by atoms with Gasteiger partial charge in [-0.3, -0.25) is 0 Å². The van der Waals surface area contributed by atoms with Crippen molar-refractivity contribution in [1.29, 1.82) is 5.26 Å². The zero-order valence-electron chi connectivity index (χ0n) is 13.7. The first-order valence-corrected chi connectivity index (χ1v) is 7.88. The van der Waals surface area contributed by atoms with Gasteiger partial charge < -0.3 is 5.32 Å². The molecule has 0 fully saturated rings. The van der Waals surface area contributed by atoms with Crippen LogP contribution < -0.4 is 5.32 Å². The second kappa shape index (κ2) is 6.87. The number of nitriles is 1. The van der Waals surface area contributed by atoms with Crippen LogP contribution in [0.15, 0.2) is 18.3 Å². The second-order valence-corrected chi connectivity index (χ2v) is 6.04. The lowest BCUT2D eigenvalue weighted by molar-refractivity contribution is -0.138. The van der Waals surface area contributed by atoms with E-state index in [2.05, 4.69) is 15.4 Å². The average Bonchev–Trinajstić information content (AvgIpc) is 2.97. The van der Waals surface area contributed by atoms with Gasteiger partial charge in [-0.1, -0.05) is 11.6 Å². The first kappa shape index (κ1) is 19.8. The summed E-state index contributed by atoms with van der Waals surface area (Å²) in [5.74, 6) is -4.61. The standard InChI is InChI=1S/C16H8ClF6N5/c1-6(16(21,22)23)26-15-12(11-9(19)2-8(18)3-10(11)20)13(17)27-14-7(4-24)5-25-28(14)15/h2-3,5-6,26H,1H3/t6-/m0/s1. The lowest BCUT2D eigenvalue weighted by atomic mass is 10.1. The van der Waals surface area contributed by atoms with Crippen LogP contribution in [0.4, 0.5) is 32.2 Å². The average molecular weight is 420 g/mol. The van der Waals surface area contributed by atoms with Crippen LogP contribution in [0.5, 0.6) is 0 Å². The van der Waals surface area contributed by atoms with Gasteiger partial charge in [0.05, 0.1) is 17.3 Å². The molecule has 0 aliphatic rings. The number of rotatable bonds is 3. The summed E-state index contributed by atoms with van der Waals surface area (Å²) in [6, 6.07) is 0.233. The largest absolute Gasteiger partial charge is 0.408 e. The monoisotopic (exact) mass is 419 g/mol. The van der Waals surface area contributed by atoms with E-state index in [-0.39, 0.29) is 11.2 Å². The molecule has 2 aromatic heterocycles. The van der Waals surface area contributed by atoms with Gasteiger partial charge >= 0.3 is 6.18 Å². The Labute approximate surface area is 158 Å². The molecule has 2 heterocycles. The molecule has 0 aliphatic carbocycles. The van der Waals surface area contributed by atoms with Gasteiger partial charge in [-0.15, -0.1) is 0 Å². The van der Waals surface area contributed by atoms with Gasteiger partial charge in [-0.2, -0.15) is 28.0 Å². The van der Waals surface area contributed by atoms with Crippen LogP contribution >= 0.6 is 11.6 Å². The van der Waals surface area contributed by atoms with E-state index in [0.717, 1.165) is 17.6 Å². The highest BCUT2D eigenvalue weighted by atomic mass is 35.5. The van der Waals surface area contributed by atoms with Gasteiger partial charge in [-0.05, 0) is 6.92 Å². The normalized spacial score (nSPS) is 12.8. The van der Waals surface area contributed by atoms with Crippen molar-refractivity contribution >= 4 is 23.1 Å². The molecule has 0 saturated carbocycles. The predicted molar refractivity (Wildman–Crippen MR) is 87.2 cm³/mol. The van der Waals surface area contributed by atoms with E-state index in [9.17, 15) is 26.3 Å². The molecule has 0 radical (unpaired) electrons. The van der Waals surface area contributed by atoms with Crippen molar-refractivity contribution in [2.24, 2.45) is 0 Å². The third-order valence-corrected chi connectivity index (χ3v) is 4.10. The first-order valence-electron chi connectivity index (χ1n) is 7.50. The number of nitrogens with zero attached hydrogens (tertiary/aromatic N) is 4. The van der Waals surface area contributed by atoms with Crippen LogP contribution in [-0.2, 0) is 0 Å². The van der Waals surface area contributed by atoms with E-state index in [1.54, 1.807) is 6.07 Å². The molecule has 0 amide bonds. The van der Waals surface area contributed by atoms with Crippen LogP contribution in [0.25, 0.3) is 16.8 Å². The summed E-state index contributed by atoms with van der Waals surface area (Å²) in [4.78, 5) is 3.81. The number of hydrogen-bond acceptors (Lipinski definition) is 4. The molecule has 0 unspecified atom stereocenters. The number of alkyl halides is 3. The first-order chi connectivity index (χ1) is 13.0. The van der Waals surface area contributed by atoms with Crippen LogP contribution in [0.1, 0.15) is 12.5 Å². The summed E-state index contributed by atoms with van der Waals surface area (Å²) < 4.78 is 81.8. The van der Waals surface area contributed by atoms with Crippen molar-refractivity contribution in [3.63, 3.8) is 0 Å². The van der Waals surface area contributed by atoms with Crippen LogP contribution in [-0.4, -0.2) is 26.8 Å². The van der Waals surface area contributed by atoms with Crippen LogP contribution in [0.3, 0.4) is 0 Å². The highest BCUT2D eigenvalue weighted by molar-refractivity contribution is 6.33. The molecule has 1 atom stereocenters. The molecule has 12 heteroatoms. The number of nitrogens with one attached hydrogen (secondary N) is 1. The quantitative estimate of drug-likeness (QED) is 0.493. The lowest BCUT2D eigenvalue weighted by Gasteiger charge is -2.22. The molecule has 5 nitrogen and oxygen atoms in total. The minimum Gasteiger partial charge on any atom is -0.358 e. The third kappa shape index (κ3) is 3.31. The Hall–Kier alpha value is -3.00. The van der Waals surface area contributed by atoms with Crippen LogP contribution in [0.2, 0.25) is 5.15 Å². The van der Waals surface area contributed by atoms with Gasteiger partial charge in [0.15, 0.2) is 5.65 Å². The van der Waals surface area contributed by atoms with Crippen molar-refractivity contribution < 1.29 is 26.3 Å². The maximum atomic E-state index is 14.3. The highest BCUT2D eigenvalue weighted by Crippen LogP contribution is 2.39. The van der Waals surface area contributed by atoms with Gasteiger partial charge in [-0.25, -0.2) is 18.2 Å². The molecule has 1 aromatic carbocycles. The van der Waals surface area contributed by atoms with Gasteiger partial charge in [0.25, 0.3) is 0 Å². The topological polar surface area (TPSA) is 66.0 Å². The Morgan fingerprint density at radius 2 is 1.79 bits per heavy atom. The Morgan fingerprint density at radius 3 is 2.32 bits per heavy atom. The zero-order chi connectivity index (χ0) is 20.8. The molecule has 146 valence electrons. The summed E-state index contributed by atoms with van der Waals surface area (Å²) in [5, 5.41) is 14.3. The maximum absolute atomic E-state index is 14.3. The van der Waals surface area contributed by atoms with Crippen molar-refractivity contribution in [3.8, 4) is 17.2 Å². The van der Waals surface area contributed by atoms with E-state index in [1.807, 2.05) is 0 Å². The fraction of sp³-hybridized carbons (Fsp3) is 0.188. The molecule has 0 aliphatic heterocycles. The summed E-state index contributed by atoms with van der Waals surface area (Å²) in [5.41, 5.74) is -1.85. The van der Waals surface area contributed by atoms with E-state index < -0.39 is 51.8 Å². The summed E-state index contributed by atoms with van der Waals surface area (Å²) in [6.45, 7) is 0.760. The van der Waals surface area contributed by atoms with Crippen molar-refractivity contribution in [3.05, 3.63) is 46.5 Å². The van der Waals surface area contributed by atoms with E-state index >= 15 is 0 Å². The molecular weight excluding hydrogens is 412 g/mol. The summed E-state index contributed by atoms with van der Waals surface area (Å²) in [6.07, 6.45) is -3.73. The van der Waals surface area contributed by atoms with Gasteiger partial charge in [0, 0.05) is 12.1 Å². The molecule has 3 aromatic rings. The van der Waals surface area contributed by atoms with E-state index in [1.165, 1.54) is 0 Å². The number of halogens is 7. The number of aromatic nitrogens is 3. The SMILES string of the molecule is C[C@H](Nc1c(-c2c(F)cc(F)cc2F)c(Cl)nc2c(C#N)cnn12)C(F)(F)F. The maximum Gasteiger partial charge on any atom is 0.408 e. The molecule has 1 N–H and O–H groups in total. The molecule has 0 bridgehead atoms. The lowest BCUT2D eigenvalue weighted by Crippen LogP contribution is -2.34. The number of anilines is 1. The Balaban J connectivity index is 2.38. The Bertz CT molecular complexity index is 1090. The van der Waals surface area contributed by atoms with Crippen molar-refractivity contribution in [2.75, 3.05) is 5.32 Å². The van der Waals surface area contributed by atoms with E-state index in [0.29, 0.717) is 12.1 Å². The predicted octanol–water partition coefficient (Wildman–Crippen LogP) is 4.70. The third-order valence-electron chi connectivity index (χ3n) is 3.82. The zero-order valence-corrected chi connectivity index (χ0v) is 14.5. The Morgan fingerprint density at radius 1 is 1.18 bits per heavy atom. The number of fused-ring (bicyclic) bond motifs is 1. The fourth-order valence-electron chi connectivity index (χ4n) is 2.47. The van der Waals surface area contributed by atoms with Crippen LogP contribution in [0, 0.1) is 28.8 Å². The minimum absolute atomic E-state index is 0.129. The van der Waals surface area contributed by atoms with Crippen molar-refractivity contribution in [1.82, 2.24) is 14.6 Å². The van der Waals surface area contributed by atoms with Gasteiger partial charge in [0.2, 0.25) is 0 Å².